The van der Waals surface area contributed by atoms with Crippen LogP contribution in [0, 0.1) is 5.41 Å². The molecule has 4 heteroatoms. The maximum Gasteiger partial charge on any atom is 0.220 e. The minimum Gasteiger partial charge on any atom is -0.352 e. The van der Waals surface area contributed by atoms with Gasteiger partial charge in [0, 0.05) is 31.0 Å². The van der Waals surface area contributed by atoms with E-state index in [0.29, 0.717) is 13.0 Å². The molecule has 2 rings (SSSR count). The molecule has 0 aliphatic rings. The first-order chi connectivity index (χ1) is 9.44. The largest absolute Gasteiger partial charge is 0.352 e. The number of nitrogens with one attached hydrogen (secondary N) is 1. The zero-order valence-electron chi connectivity index (χ0n) is 12.3. The summed E-state index contributed by atoms with van der Waals surface area (Å²) >= 11 is 0. The molecular weight excluding hydrogens is 250 g/mol. The predicted molar refractivity (Wildman–Crippen MR) is 79.5 cm³/mol. The lowest BCUT2D eigenvalue weighted by atomic mass is 9.92. The summed E-state index contributed by atoms with van der Waals surface area (Å²) < 4.78 is 1.95. The van der Waals surface area contributed by atoms with Crippen molar-refractivity contribution in [1.29, 1.82) is 0 Å². The number of imidazole rings is 1. The highest BCUT2D eigenvalue weighted by Gasteiger charge is 2.15. The van der Waals surface area contributed by atoms with Gasteiger partial charge in [-0.2, -0.15) is 0 Å². The summed E-state index contributed by atoms with van der Waals surface area (Å²) in [6.45, 7) is 6.75. The Kier molecular flexibility index (Phi) is 4.23. The first-order valence-electron chi connectivity index (χ1n) is 6.78. The molecule has 1 aromatic heterocycles. The van der Waals surface area contributed by atoms with Gasteiger partial charge in [-0.1, -0.05) is 32.9 Å². The van der Waals surface area contributed by atoms with E-state index in [-0.39, 0.29) is 11.3 Å². The van der Waals surface area contributed by atoms with Crippen molar-refractivity contribution < 1.29 is 4.79 Å². The molecule has 0 aliphatic heterocycles. The van der Waals surface area contributed by atoms with Crippen LogP contribution in [0.3, 0.4) is 0 Å². The highest BCUT2D eigenvalue weighted by atomic mass is 16.1. The van der Waals surface area contributed by atoms with Crippen molar-refractivity contribution in [3.63, 3.8) is 0 Å². The summed E-state index contributed by atoms with van der Waals surface area (Å²) in [7, 11) is 0. The number of aromatic nitrogens is 2. The standard InChI is InChI=1S/C16H21N3O/c1-16(2,3)10-15(20)18-11-13-4-6-14(7-5-13)19-9-8-17-12-19/h4-9,12H,10-11H2,1-3H3,(H,18,20). The Morgan fingerprint density at radius 3 is 2.50 bits per heavy atom. The van der Waals surface area contributed by atoms with E-state index in [1.807, 2.05) is 35.0 Å². The summed E-state index contributed by atoms with van der Waals surface area (Å²) in [5.41, 5.74) is 2.18. The Bertz CT molecular complexity index is 550. The van der Waals surface area contributed by atoms with E-state index in [1.54, 1.807) is 12.5 Å². The van der Waals surface area contributed by atoms with Crippen LogP contribution in [-0.4, -0.2) is 15.5 Å². The normalized spacial score (nSPS) is 11.3. The second-order valence-corrected chi connectivity index (χ2v) is 6.15. The number of carbonyl (C=O) groups is 1. The molecule has 2 aromatic rings. The second kappa shape index (κ2) is 5.90. The molecule has 1 amide bonds. The van der Waals surface area contributed by atoms with Gasteiger partial charge in [0.1, 0.15) is 0 Å². The average molecular weight is 271 g/mol. The number of nitrogens with zero attached hydrogens (tertiary/aromatic N) is 2. The van der Waals surface area contributed by atoms with E-state index in [4.69, 9.17) is 0 Å². The fraction of sp³-hybridized carbons (Fsp3) is 0.375. The Hall–Kier alpha value is -2.10. The van der Waals surface area contributed by atoms with Crippen LogP contribution in [0.1, 0.15) is 32.8 Å². The van der Waals surface area contributed by atoms with Crippen molar-refractivity contribution in [3.8, 4) is 5.69 Å². The maximum atomic E-state index is 11.8. The Morgan fingerprint density at radius 1 is 1.25 bits per heavy atom. The van der Waals surface area contributed by atoms with E-state index in [9.17, 15) is 4.79 Å². The molecule has 0 unspecified atom stereocenters. The lowest BCUT2D eigenvalue weighted by molar-refractivity contribution is -0.122. The van der Waals surface area contributed by atoms with Crippen LogP contribution in [0.2, 0.25) is 0 Å². The van der Waals surface area contributed by atoms with Gasteiger partial charge in [0.15, 0.2) is 0 Å². The van der Waals surface area contributed by atoms with Crippen LogP contribution in [0.4, 0.5) is 0 Å². The van der Waals surface area contributed by atoms with Gasteiger partial charge in [0.2, 0.25) is 5.91 Å². The number of benzene rings is 1. The van der Waals surface area contributed by atoms with Crippen molar-refractivity contribution in [3.05, 3.63) is 48.5 Å². The summed E-state index contributed by atoms with van der Waals surface area (Å²) in [6.07, 6.45) is 5.96. The molecule has 4 nitrogen and oxygen atoms in total. The minimum atomic E-state index is 0.0232. The van der Waals surface area contributed by atoms with Gasteiger partial charge < -0.3 is 9.88 Å². The van der Waals surface area contributed by atoms with Crippen LogP contribution >= 0.6 is 0 Å². The third-order valence-electron chi connectivity index (χ3n) is 2.92. The number of hydrogen-bond donors (Lipinski definition) is 1. The van der Waals surface area contributed by atoms with E-state index in [2.05, 4.69) is 31.1 Å². The molecule has 106 valence electrons. The molecule has 0 saturated carbocycles. The zero-order chi connectivity index (χ0) is 14.6. The molecule has 0 fully saturated rings. The van der Waals surface area contributed by atoms with Crippen LogP contribution in [0.15, 0.2) is 43.0 Å². The third-order valence-corrected chi connectivity index (χ3v) is 2.92. The molecule has 1 heterocycles. The molecule has 0 saturated heterocycles. The molecule has 1 N–H and O–H groups in total. The van der Waals surface area contributed by atoms with Gasteiger partial charge in [-0.15, -0.1) is 0 Å². The highest BCUT2D eigenvalue weighted by molar-refractivity contribution is 5.76. The quantitative estimate of drug-likeness (QED) is 0.929. The van der Waals surface area contributed by atoms with Gasteiger partial charge in [0.25, 0.3) is 0 Å². The van der Waals surface area contributed by atoms with Crippen LogP contribution in [0.5, 0.6) is 0 Å². The summed E-state index contributed by atoms with van der Waals surface area (Å²) in [6, 6.07) is 8.08. The molecule has 0 aliphatic carbocycles. The fourth-order valence-electron chi connectivity index (χ4n) is 1.94. The monoisotopic (exact) mass is 271 g/mol. The van der Waals surface area contributed by atoms with Crippen molar-refractivity contribution in [2.45, 2.75) is 33.7 Å². The number of carbonyl (C=O) groups excluding carboxylic acids is 1. The fourth-order valence-corrected chi connectivity index (χ4v) is 1.94. The Morgan fingerprint density at radius 2 is 1.95 bits per heavy atom. The van der Waals surface area contributed by atoms with Crippen LogP contribution < -0.4 is 5.32 Å². The third kappa shape index (κ3) is 4.23. The molecule has 0 bridgehead atoms. The van der Waals surface area contributed by atoms with Gasteiger partial charge in [-0.05, 0) is 23.1 Å². The number of amides is 1. The summed E-state index contributed by atoms with van der Waals surface area (Å²) in [5.74, 6) is 0.0937. The van der Waals surface area contributed by atoms with E-state index >= 15 is 0 Å². The van der Waals surface area contributed by atoms with E-state index in [0.717, 1.165) is 11.3 Å². The molecule has 0 spiro atoms. The SMILES string of the molecule is CC(C)(C)CC(=O)NCc1ccc(-n2ccnc2)cc1. The van der Waals surface area contributed by atoms with Crippen molar-refractivity contribution in [1.82, 2.24) is 14.9 Å². The maximum absolute atomic E-state index is 11.8. The predicted octanol–water partition coefficient (Wildman–Crippen LogP) is 2.92. The minimum absolute atomic E-state index is 0.0232. The van der Waals surface area contributed by atoms with Gasteiger partial charge in [-0.3, -0.25) is 4.79 Å². The van der Waals surface area contributed by atoms with Crippen molar-refractivity contribution >= 4 is 5.91 Å². The van der Waals surface area contributed by atoms with Gasteiger partial charge >= 0.3 is 0 Å². The molecule has 0 radical (unpaired) electrons. The average Bonchev–Trinajstić information content (AvgIpc) is 2.89. The molecule has 1 aromatic carbocycles. The Labute approximate surface area is 119 Å². The van der Waals surface area contributed by atoms with Crippen LogP contribution in [0.25, 0.3) is 5.69 Å². The summed E-state index contributed by atoms with van der Waals surface area (Å²) in [4.78, 5) is 15.8. The molecule has 0 atom stereocenters. The summed E-state index contributed by atoms with van der Waals surface area (Å²) in [5, 5.41) is 2.95. The van der Waals surface area contributed by atoms with Crippen LogP contribution in [-0.2, 0) is 11.3 Å². The van der Waals surface area contributed by atoms with E-state index < -0.39 is 0 Å². The zero-order valence-corrected chi connectivity index (χ0v) is 12.3. The number of hydrogen-bond acceptors (Lipinski definition) is 2. The van der Waals surface area contributed by atoms with Gasteiger partial charge in [-0.25, -0.2) is 4.98 Å². The first-order valence-corrected chi connectivity index (χ1v) is 6.78. The van der Waals surface area contributed by atoms with Crippen molar-refractivity contribution in [2.24, 2.45) is 5.41 Å². The van der Waals surface area contributed by atoms with Crippen molar-refractivity contribution in [2.75, 3.05) is 0 Å². The topological polar surface area (TPSA) is 46.9 Å². The van der Waals surface area contributed by atoms with Gasteiger partial charge in [0.05, 0.1) is 6.33 Å². The molecule has 20 heavy (non-hydrogen) atoms. The second-order valence-electron chi connectivity index (χ2n) is 6.15. The first kappa shape index (κ1) is 14.3. The smallest absolute Gasteiger partial charge is 0.220 e. The lowest BCUT2D eigenvalue weighted by Crippen LogP contribution is -2.27. The lowest BCUT2D eigenvalue weighted by Gasteiger charge is -2.17. The highest BCUT2D eigenvalue weighted by Crippen LogP contribution is 2.18. The Balaban J connectivity index is 1.90. The van der Waals surface area contributed by atoms with E-state index in [1.165, 1.54) is 0 Å². The number of rotatable bonds is 4. The molecular formula is C16H21N3O.